The Kier molecular flexibility index (Phi) is 3.79. The number of hydrogen-bond acceptors (Lipinski definition) is 3. The summed E-state index contributed by atoms with van der Waals surface area (Å²) < 4.78 is 2.07. The molecule has 0 saturated carbocycles. The van der Waals surface area contributed by atoms with Crippen molar-refractivity contribution in [2.45, 2.75) is 25.4 Å². The van der Waals surface area contributed by atoms with Crippen LogP contribution >= 0.6 is 0 Å². The summed E-state index contributed by atoms with van der Waals surface area (Å²) in [5, 5.41) is 9.16. The average molecular weight is 245 g/mol. The molecule has 1 aromatic heterocycles. The third kappa shape index (κ3) is 2.97. The first-order valence-corrected chi connectivity index (χ1v) is 6.09. The number of aryl methyl sites for hydroxylation is 1. The van der Waals surface area contributed by atoms with Gasteiger partial charge in [0.2, 0.25) is 0 Å². The van der Waals surface area contributed by atoms with Gasteiger partial charge in [0, 0.05) is 30.0 Å². The van der Waals surface area contributed by atoms with Gasteiger partial charge in [0.25, 0.3) is 0 Å². The van der Waals surface area contributed by atoms with Gasteiger partial charge in [-0.15, -0.1) is 0 Å². The van der Waals surface area contributed by atoms with Crippen LogP contribution < -0.4 is 5.73 Å². The largest absolute Gasteiger partial charge is 0.394 e. The van der Waals surface area contributed by atoms with Gasteiger partial charge in [-0.1, -0.05) is 30.3 Å². The molecule has 1 unspecified atom stereocenters. The van der Waals surface area contributed by atoms with Crippen molar-refractivity contribution in [3.05, 3.63) is 42.7 Å². The number of hydrogen-bond donors (Lipinski definition) is 2. The third-order valence-electron chi connectivity index (χ3n) is 3.03. The Morgan fingerprint density at radius 1 is 1.33 bits per heavy atom. The summed E-state index contributed by atoms with van der Waals surface area (Å²) in [6.45, 7) is 2.59. The molecule has 1 atom stereocenters. The fourth-order valence-corrected chi connectivity index (χ4v) is 1.79. The molecule has 0 bridgehead atoms. The van der Waals surface area contributed by atoms with Crippen LogP contribution in [0.3, 0.4) is 0 Å². The molecule has 0 aliphatic heterocycles. The number of aliphatic hydroxyl groups excluding tert-OH is 1. The van der Waals surface area contributed by atoms with E-state index >= 15 is 0 Å². The number of nitrogens with two attached hydrogens (primary N) is 1. The van der Waals surface area contributed by atoms with Crippen LogP contribution in [0.25, 0.3) is 11.4 Å². The number of rotatable bonds is 5. The summed E-state index contributed by atoms with van der Waals surface area (Å²) in [7, 11) is 0. The average Bonchev–Trinajstić information content (AvgIpc) is 2.86. The highest BCUT2D eigenvalue weighted by atomic mass is 16.3. The van der Waals surface area contributed by atoms with Crippen molar-refractivity contribution in [2.24, 2.45) is 5.73 Å². The molecule has 96 valence electrons. The summed E-state index contributed by atoms with van der Waals surface area (Å²) in [6, 6.07) is 10.0. The first kappa shape index (κ1) is 12.8. The summed E-state index contributed by atoms with van der Waals surface area (Å²) in [4.78, 5) is 4.37. The molecule has 2 aromatic rings. The smallest absolute Gasteiger partial charge is 0.139 e. The second-order valence-corrected chi connectivity index (χ2v) is 4.87. The van der Waals surface area contributed by atoms with Gasteiger partial charge in [-0.2, -0.15) is 0 Å². The quantitative estimate of drug-likeness (QED) is 0.842. The molecule has 0 fully saturated rings. The molecule has 0 saturated heterocycles. The minimum Gasteiger partial charge on any atom is -0.394 e. The lowest BCUT2D eigenvalue weighted by atomic mass is 10.0. The normalized spacial score (nSPS) is 14.4. The van der Waals surface area contributed by atoms with Crippen LogP contribution in [-0.4, -0.2) is 26.8 Å². The number of nitrogens with zero attached hydrogens (tertiary/aromatic N) is 2. The summed E-state index contributed by atoms with van der Waals surface area (Å²) in [6.07, 6.45) is 4.44. The fraction of sp³-hybridized carbons (Fsp3) is 0.357. The standard InChI is InChI=1S/C14H19N3O/c1-14(15,11-18)7-9-17-10-8-16-13(17)12-5-3-2-4-6-12/h2-6,8,10,18H,7,9,11,15H2,1H3. The molecule has 0 amide bonds. The van der Waals surface area contributed by atoms with E-state index in [4.69, 9.17) is 10.8 Å². The maximum Gasteiger partial charge on any atom is 0.139 e. The van der Waals surface area contributed by atoms with Crippen LogP contribution in [0.1, 0.15) is 13.3 Å². The van der Waals surface area contributed by atoms with E-state index in [9.17, 15) is 0 Å². The molecule has 4 heteroatoms. The zero-order chi connectivity index (χ0) is 13.0. The van der Waals surface area contributed by atoms with E-state index in [1.54, 1.807) is 6.20 Å². The Hall–Kier alpha value is -1.65. The topological polar surface area (TPSA) is 64.1 Å². The predicted molar refractivity (Wildman–Crippen MR) is 72.0 cm³/mol. The molecule has 4 nitrogen and oxygen atoms in total. The van der Waals surface area contributed by atoms with E-state index in [-0.39, 0.29) is 6.61 Å². The highest BCUT2D eigenvalue weighted by molar-refractivity contribution is 5.55. The Labute approximate surface area is 107 Å². The third-order valence-corrected chi connectivity index (χ3v) is 3.03. The van der Waals surface area contributed by atoms with Crippen molar-refractivity contribution >= 4 is 0 Å². The van der Waals surface area contributed by atoms with Crippen LogP contribution in [0.2, 0.25) is 0 Å². The number of aliphatic hydroxyl groups is 1. The molecule has 1 heterocycles. The van der Waals surface area contributed by atoms with E-state index in [0.717, 1.165) is 17.9 Å². The maximum absolute atomic E-state index is 9.16. The summed E-state index contributed by atoms with van der Waals surface area (Å²) >= 11 is 0. The van der Waals surface area contributed by atoms with Gasteiger partial charge in [0.05, 0.1) is 6.61 Å². The number of imidazole rings is 1. The van der Waals surface area contributed by atoms with E-state index in [1.165, 1.54) is 0 Å². The molecule has 2 rings (SSSR count). The monoisotopic (exact) mass is 245 g/mol. The van der Waals surface area contributed by atoms with Gasteiger partial charge in [-0.3, -0.25) is 0 Å². The highest BCUT2D eigenvalue weighted by Crippen LogP contribution is 2.18. The van der Waals surface area contributed by atoms with Gasteiger partial charge in [-0.25, -0.2) is 4.98 Å². The predicted octanol–water partition coefficient (Wildman–Crippen LogP) is 1.65. The summed E-state index contributed by atoms with van der Waals surface area (Å²) in [5.74, 6) is 0.935. The van der Waals surface area contributed by atoms with Crippen molar-refractivity contribution in [3.8, 4) is 11.4 Å². The first-order valence-electron chi connectivity index (χ1n) is 6.09. The van der Waals surface area contributed by atoms with Crippen LogP contribution in [0.15, 0.2) is 42.7 Å². The molecule has 0 spiro atoms. The number of aromatic nitrogens is 2. The van der Waals surface area contributed by atoms with Crippen LogP contribution in [-0.2, 0) is 6.54 Å². The van der Waals surface area contributed by atoms with E-state index in [2.05, 4.69) is 9.55 Å². The van der Waals surface area contributed by atoms with Crippen molar-refractivity contribution in [1.82, 2.24) is 9.55 Å². The molecule has 0 radical (unpaired) electrons. The second kappa shape index (κ2) is 5.33. The van der Waals surface area contributed by atoms with Crippen molar-refractivity contribution < 1.29 is 5.11 Å². The number of benzene rings is 1. The molecular formula is C14H19N3O. The van der Waals surface area contributed by atoms with Crippen molar-refractivity contribution in [2.75, 3.05) is 6.61 Å². The van der Waals surface area contributed by atoms with Gasteiger partial charge in [0.15, 0.2) is 0 Å². The molecule has 0 aliphatic carbocycles. The molecule has 0 aliphatic rings. The zero-order valence-corrected chi connectivity index (χ0v) is 10.6. The SMILES string of the molecule is CC(N)(CO)CCn1ccnc1-c1ccccc1. The molecule has 3 N–H and O–H groups in total. The van der Waals surface area contributed by atoms with Crippen LogP contribution in [0.5, 0.6) is 0 Å². The van der Waals surface area contributed by atoms with Crippen LogP contribution in [0, 0.1) is 0 Å². The lowest BCUT2D eigenvalue weighted by Gasteiger charge is -2.22. The minimum atomic E-state index is -0.543. The fourth-order valence-electron chi connectivity index (χ4n) is 1.79. The Bertz CT molecular complexity index is 491. The lowest BCUT2D eigenvalue weighted by molar-refractivity contribution is 0.195. The van der Waals surface area contributed by atoms with Crippen molar-refractivity contribution in [3.63, 3.8) is 0 Å². The summed E-state index contributed by atoms with van der Waals surface area (Å²) in [5.41, 5.74) is 6.48. The Balaban J connectivity index is 2.14. The maximum atomic E-state index is 9.16. The second-order valence-electron chi connectivity index (χ2n) is 4.87. The lowest BCUT2D eigenvalue weighted by Crippen LogP contribution is -2.41. The van der Waals surface area contributed by atoms with Gasteiger partial charge < -0.3 is 15.4 Å². The molecule has 18 heavy (non-hydrogen) atoms. The van der Waals surface area contributed by atoms with E-state index < -0.39 is 5.54 Å². The Morgan fingerprint density at radius 3 is 2.72 bits per heavy atom. The molecule has 1 aromatic carbocycles. The van der Waals surface area contributed by atoms with Gasteiger partial charge in [0.1, 0.15) is 5.82 Å². The zero-order valence-electron chi connectivity index (χ0n) is 10.6. The highest BCUT2D eigenvalue weighted by Gasteiger charge is 2.17. The van der Waals surface area contributed by atoms with Crippen LogP contribution in [0.4, 0.5) is 0 Å². The minimum absolute atomic E-state index is 0.0115. The van der Waals surface area contributed by atoms with E-state index in [0.29, 0.717) is 6.42 Å². The van der Waals surface area contributed by atoms with E-state index in [1.807, 2.05) is 43.5 Å². The molecular weight excluding hydrogens is 226 g/mol. The first-order chi connectivity index (χ1) is 8.62. The van der Waals surface area contributed by atoms with Crippen molar-refractivity contribution in [1.29, 1.82) is 0 Å². The van der Waals surface area contributed by atoms with Gasteiger partial charge in [-0.05, 0) is 13.3 Å². The Morgan fingerprint density at radius 2 is 2.06 bits per heavy atom. The van der Waals surface area contributed by atoms with Gasteiger partial charge >= 0.3 is 0 Å².